The van der Waals surface area contributed by atoms with Crippen molar-refractivity contribution in [3.63, 3.8) is 0 Å². The summed E-state index contributed by atoms with van der Waals surface area (Å²) < 4.78 is 0. The zero-order valence-corrected chi connectivity index (χ0v) is 9.77. The second-order valence-corrected chi connectivity index (χ2v) is 1.77. The van der Waals surface area contributed by atoms with Gasteiger partial charge in [0.05, 0.1) is 0 Å². The summed E-state index contributed by atoms with van der Waals surface area (Å²) in [6, 6.07) is 0. The van der Waals surface area contributed by atoms with Crippen LogP contribution in [0.2, 0.25) is 0 Å². The van der Waals surface area contributed by atoms with Crippen LogP contribution >= 0.6 is 0 Å². The van der Waals surface area contributed by atoms with Crippen LogP contribution in [-0.4, -0.2) is 5.91 Å². The van der Waals surface area contributed by atoms with Crippen molar-refractivity contribution in [2.75, 3.05) is 0 Å². The number of hydrogen-bond donors (Lipinski definition) is 1. The highest BCUT2D eigenvalue weighted by Gasteiger charge is 1.89. The van der Waals surface area contributed by atoms with Crippen molar-refractivity contribution < 1.29 is 4.79 Å². The molecule has 0 saturated carbocycles. The van der Waals surface area contributed by atoms with E-state index in [0.717, 1.165) is 0 Å². The Labute approximate surface area is 82.7 Å². The lowest BCUT2D eigenvalue weighted by Gasteiger charge is -1.96. The first-order valence-corrected chi connectivity index (χ1v) is 4.76. The topological polar surface area (TPSA) is 29.1 Å². The minimum absolute atomic E-state index is 0.120. The predicted octanol–water partition coefficient (Wildman–Crippen LogP) is 3.26. The number of carbonyl (C=O) groups is 1. The lowest BCUT2D eigenvalue weighted by molar-refractivity contribution is -0.115. The summed E-state index contributed by atoms with van der Waals surface area (Å²) in [6.45, 7) is 15.0. The molecule has 0 bridgehead atoms. The number of allylic oxidation sites excluding steroid dienone is 2. The third-order valence-electron chi connectivity index (χ3n) is 0.655. The second-order valence-electron chi connectivity index (χ2n) is 1.77. The van der Waals surface area contributed by atoms with Crippen molar-refractivity contribution in [1.29, 1.82) is 0 Å². The summed E-state index contributed by atoms with van der Waals surface area (Å²) in [4.78, 5) is 10.6. The fourth-order valence-corrected chi connectivity index (χ4v) is 0.403. The molecule has 0 atom stereocenters. The molecule has 0 radical (unpaired) electrons. The molecule has 0 aromatic rings. The number of amides is 1. The van der Waals surface area contributed by atoms with Gasteiger partial charge in [0.25, 0.3) is 0 Å². The van der Waals surface area contributed by atoms with E-state index in [0.29, 0.717) is 5.70 Å². The van der Waals surface area contributed by atoms with Crippen molar-refractivity contribution in [2.45, 2.75) is 41.5 Å². The molecule has 0 aliphatic rings. The maximum absolute atomic E-state index is 10.6. The number of hydrogen-bond acceptors (Lipinski definition) is 1. The van der Waals surface area contributed by atoms with E-state index in [2.05, 4.69) is 11.9 Å². The molecule has 0 aromatic heterocycles. The second kappa shape index (κ2) is 17.2. The van der Waals surface area contributed by atoms with Gasteiger partial charge in [0.1, 0.15) is 0 Å². The van der Waals surface area contributed by atoms with Gasteiger partial charge in [-0.3, -0.25) is 4.79 Å². The zero-order chi connectivity index (χ0) is 11.3. The molecular weight excluding hydrogens is 162 g/mol. The number of nitrogens with one attached hydrogen (secondary N) is 1. The van der Waals surface area contributed by atoms with E-state index in [1.165, 1.54) is 6.08 Å². The van der Waals surface area contributed by atoms with Crippen LogP contribution in [0.4, 0.5) is 0 Å². The van der Waals surface area contributed by atoms with Gasteiger partial charge in [-0.1, -0.05) is 40.3 Å². The van der Waals surface area contributed by atoms with Crippen LogP contribution in [0.25, 0.3) is 0 Å². The zero-order valence-electron chi connectivity index (χ0n) is 9.77. The first-order valence-electron chi connectivity index (χ1n) is 4.76. The van der Waals surface area contributed by atoms with Gasteiger partial charge < -0.3 is 5.32 Å². The minimum Gasteiger partial charge on any atom is -0.327 e. The van der Waals surface area contributed by atoms with Gasteiger partial charge in [0.15, 0.2) is 0 Å². The molecule has 1 amide bonds. The van der Waals surface area contributed by atoms with Gasteiger partial charge in [0, 0.05) is 5.70 Å². The van der Waals surface area contributed by atoms with Crippen LogP contribution < -0.4 is 5.32 Å². The Kier molecular flexibility index (Phi) is 23.6. The van der Waals surface area contributed by atoms with E-state index in [4.69, 9.17) is 0 Å². The largest absolute Gasteiger partial charge is 0.327 e. The Hall–Kier alpha value is -1.05. The summed E-state index contributed by atoms with van der Waals surface area (Å²) in [5, 5.41) is 2.52. The maximum Gasteiger partial charge on any atom is 0.247 e. The number of carbonyl (C=O) groups excluding carboxylic acids is 1. The van der Waals surface area contributed by atoms with Crippen LogP contribution in [0.5, 0.6) is 0 Å². The molecule has 0 aliphatic carbocycles. The lowest BCUT2D eigenvalue weighted by atomic mass is 10.4. The van der Waals surface area contributed by atoms with E-state index >= 15 is 0 Å². The highest BCUT2D eigenvalue weighted by atomic mass is 16.1. The van der Waals surface area contributed by atoms with Crippen molar-refractivity contribution >= 4 is 5.91 Å². The highest BCUT2D eigenvalue weighted by molar-refractivity contribution is 5.88. The SMILES string of the molecule is C=C(C)NC(=O)/C=C\C.CC.CC. The molecule has 0 aromatic carbocycles. The van der Waals surface area contributed by atoms with E-state index < -0.39 is 0 Å². The summed E-state index contributed by atoms with van der Waals surface area (Å²) in [5.74, 6) is -0.120. The average molecular weight is 185 g/mol. The van der Waals surface area contributed by atoms with Crippen LogP contribution in [0, 0.1) is 0 Å². The van der Waals surface area contributed by atoms with Gasteiger partial charge in [0.2, 0.25) is 5.91 Å². The summed E-state index contributed by atoms with van der Waals surface area (Å²) in [6.07, 6.45) is 3.13. The molecule has 0 aliphatic heterocycles. The van der Waals surface area contributed by atoms with E-state index in [1.807, 2.05) is 27.7 Å². The molecule has 13 heavy (non-hydrogen) atoms. The number of rotatable bonds is 2. The van der Waals surface area contributed by atoms with Gasteiger partial charge in [-0.15, -0.1) is 0 Å². The standard InChI is InChI=1S/C7H11NO.2C2H6/c1-4-5-7(9)8-6(2)3;2*1-2/h4-5H,2H2,1,3H3,(H,8,9);2*1-2H3/b5-4-;;. The lowest BCUT2D eigenvalue weighted by Crippen LogP contribution is -2.17. The fraction of sp³-hybridized carbons (Fsp3) is 0.545. The third kappa shape index (κ3) is 24.8. The van der Waals surface area contributed by atoms with Crippen LogP contribution in [-0.2, 0) is 4.79 Å². The molecule has 0 saturated heterocycles. The molecule has 0 unspecified atom stereocenters. The van der Waals surface area contributed by atoms with Crippen molar-refractivity contribution in [3.05, 3.63) is 24.4 Å². The molecule has 2 heteroatoms. The summed E-state index contributed by atoms with van der Waals surface area (Å²) >= 11 is 0. The van der Waals surface area contributed by atoms with Crippen LogP contribution in [0.15, 0.2) is 24.4 Å². The van der Waals surface area contributed by atoms with Crippen molar-refractivity contribution in [3.8, 4) is 0 Å². The molecular formula is C11H23NO. The monoisotopic (exact) mass is 185 g/mol. The molecule has 2 nitrogen and oxygen atoms in total. The quantitative estimate of drug-likeness (QED) is 0.657. The fourth-order valence-electron chi connectivity index (χ4n) is 0.403. The maximum atomic E-state index is 10.6. The molecule has 78 valence electrons. The first kappa shape index (κ1) is 17.9. The van der Waals surface area contributed by atoms with Gasteiger partial charge in [-0.05, 0) is 19.9 Å². The highest BCUT2D eigenvalue weighted by Crippen LogP contribution is 1.79. The molecule has 0 rings (SSSR count). The van der Waals surface area contributed by atoms with Crippen LogP contribution in [0.1, 0.15) is 41.5 Å². The first-order chi connectivity index (χ1) is 6.16. The molecule has 0 spiro atoms. The Bertz CT molecular complexity index is 148. The summed E-state index contributed by atoms with van der Waals surface area (Å²) in [5.41, 5.74) is 0.665. The van der Waals surface area contributed by atoms with E-state index in [1.54, 1.807) is 19.9 Å². The Morgan fingerprint density at radius 1 is 1.23 bits per heavy atom. The average Bonchev–Trinajstić information content (AvgIpc) is 2.10. The Morgan fingerprint density at radius 3 is 1.85 bits per heavy atom. The van der Waals surface area contributed by atoms with E-state index in [-0.39, 0.29) is 5.91 Å². The van der Waals surface area contributed by atoms with Crippen molar-refractivity contribution in [1.82, 2.24) is 5.32 Å². The molecule has 0 fully saturated rings. The van der Waals surface area contributed by atoms with Gasteiger partial charge >= 0.3 is 0 Å². The van der Waals surface area contributed by atoms with E-state index in [9.17, 15) is 4.79 Å². The summed E-state index contributed by atoms with van der Waals surface area (Å²) in [7, 11) is 0. The third-order valence-corrected chi connectivity index (χ3v) is 0.655. The Morgan fingerprint density at radius 2 is 1.62 bits per heavy atom. The van der Waals surface area contributed by atoms with Crippen molar-refractivity contribution in [2.24, 2.45) is 0 Å². The molecule has 1 N–H and O–H groups in total. The normalized spacial score (nSPS) is 7.54. The van der Waals surface area contributed by atoms with Gasteiger partial charge in [-0.25, -0.2) is 0 Å². The molecule has 0 heterocycles. The van der Waals surface area contributed by atoms with Gasteiger partial charge in [-0.2, -0.15) is 0 Å². The predicted molar refractivity (Wildman–Crippen MR) is 60.5 cm³/mol. The van der Waals surface area contributed by atoms with Crippen LogP contribution in [0.3, 0.4) is 0 Å². The Balaban J connectivity index is -0.000000218. The smallest absolute Gasteiger partial charge is 0.247 e. The minimum atomic E-state index is -0.120.